The van der Waals surface area contributed by atoms with Crippen LogP contribution in [0.2, 0.25) is 0 Å². The highest BCUT2D eigenvalue weighted by atomic mass is 16.5. The minimum atomic E-state index is 0.217. The van der Waals surface area contributed by atoms with E-state index < -0.39 is 0 Å². The Kier molecular flexibility index (Phi) is 5.40. The maximum atomic E-state index is 6.09. The van der Waals surface area contributed by atoms with E-state index >= 15 is 0 Å². The number of nitrogens with one attached hydrogen (secondary N) is 1. The second kappa shape index (κ2) is 8.51. The van der Waals surface area contributed by atoms with Crippen molar-refractivity contribution in [1.82, 2.24) is 15.0 Å². The van der Waals surface area contributed by atoms with Gasteiger partial charge in [0.05, 0.1) is 26.0 Å². The summed E-state index contributed by atoms with van der Waals surface area (Å²) < 4.78 is 11.2. The van der Waals surface area contributed by atoms with Crippen molar-refractivity contribution in [2.24, 2.45) is 0 Å². The highest BCUT2D eigenvalue weighted by Crippen LogP contribution is 2.42. The van der Waals surface area contributed by atoms with Crippen LogP contribution in [-0.2, 0) is 11.2 Å². The van der Waals surface area contributed by atoms with Gasteiger partial charge < -0.3 is 30.3 Å². The Bertz CT molecular complexity index is 1130. The molecule has 0 radical (unpaired) electrons. The number of fused-ring (bicyclic) bond motifs is 1. The van der Waals surface area contributed by atoms with Crippen molar-refractivity contribution >= 4 is 34.8 Å². The summed E-state index contributed by atoms with van der Waals surface area (Å²) >= 11 is 0. The summed E-state index contributed by atoms with van der Waals surface area (Å²) in [6, 6.07) is 12.1. The number of methoxy groups -OCH3 is 1. The lowest BCUT2D eigenvalue weighted by atomic mass is 10.2. The molecule has 166 valence electrons. The second-order valence-electron chi connectivity index (χ2n) is 7.88. The van der Waals surface area contributed by atoms with Crippen LogP contribution in [0, 0.1) is 6.92 Å². The van der Waals surface area contributed by atoms with Gasteiger partial charge in [0, 0.05) is 42.6 Å². The van der Waals surface area contributed by atoms with Crippen LogP contribution in [0.3, 0.4) is 0 Å². The minimum absolute atomic E-state index is 0.217. The third-order valence-electron chi connectivity index (χ3n) is 5.81. The van der Waals surface area contributed by atoms with Crippen LogP contribution >= 0.6 is 0 Å². The predicted molar refractivity (Wildman–Crippen MR) is 125 cm³/mol. The number of benzene rings is 1. The van der Waals surface area contributed by atoms with Crippen molar-refractivity contribution in [3.05, 3.63) is 47.7 Å². The average Bonchev–Trinajstić information content (AvgIpc) is 3.23. The Morgan fingerprint density at radius 2 is 1.91 bits per heavy atom. The van der Waals surface area contributed by atoms with E-state index in [-0.39, 0.29) is 5.95 Å². The zero-order valence-electron chi connectivity index (χ0n) is 18.3. The van der Waals surface area contributed by atoms with Gasteiger partial charge in [-0.1, -0.05) is 6.07 Å². The number of hydrogen-bond donors (Lipinski definition) is 2. The van der Waals surface area contributed by atoms with E-state index in [1.54, 1.807) is 7.11 Å². The molecule has 32 heavy (non-hydrogen) atoms. The molecule has 0 saturated carbocycles. The van der Waals surface area contributed by atoms with Crippen LogP contribution in [0.4, 0.5) is 34.8 Å². The maximum absolute atomic E-state index is 6.09. The number of nitrogens with two attached hydrogens (primary N) is 1. The lowest BCUT2D eigenvalue weighted by Crippen LogP contribution is -2.36. The molecule has 0 unspecified atom stereocenters. The number of aromatic nitrogens is 3. The molecule has 4 heterocycles. The average molecular weight is 434 g/mol. The maximum Gasteiger partial charge on any atom is 0.223 e. The molecule has 2 aromatic heterocycles. The molecule has 9 nitrogen and oxygen atoms in total. The van der Waals surface area contributed by atoms with E-state index in [1.165, 1.54) is 0 Å². The minimum Gasteiger partial charge on any atom is -0.494 e. The van der Waals surface area contributed by atoms with Crippen LogP contribution in [0.15, 0.2) is 36.4 Å². The van der Waals surface area contributed by atoms with E-state index in [0.717, 1.165) is 79.3 Å². The number of anilines is 6. The molecular weight excluding hydrogens is 406 g/mol. The standard InChI is InChI=1S/C23H27N7O2/c1-15-4-3-5-20(25-15)26-21-17-8-9-30(22(17)28-23(24)27-21)18-7-6-16(14-19(18)31-2)29-10-12-32-13-11-29/h3-7,14H,8-13H2,1-2H3,(H3,24,25,26,27,28). The molecule has 0 aliphatic carbocycles. The van der Waals surface area contributed by atoms with Gasteiger partial charge in [-0.05, 0) is 37.6 Å². The molecule has 0 spiro atoms. The Morgan fingerprint density at radius 1 is 1.06 bits per heavy atom. The van der Waals surface area contributed by atoms with Crippen molar-refractivity contribution in [3.8, 4) is 5.75 Å². The van der Waals surface area contributed by atoms with Gasteiger partial charge in [-0.2, -0.15) is 9.97 Å². The normalized spacial score (nSPS) is 15.6. The fraction of sp³-hybridized carbons (Fsp3) is 0.348. The molecule has 0 atom stereocenters. The summed E-state index contributed by atoms with van der Waals surface area (Å²) in [5.74, 6) is 3.24. The van der Waals surface area contributed by atoms with Crippen LogP contribution in [0.25, 0.3) is 0 Å². The first-order valence-electron chi connectivity index (χ1n) is 10.8. The van der Waals surface area contributed by atoms with Gasteiger partial charge >= 0.3 is 0 Å². The van der Waals surface area contributed by atoms with E-state index in [0.29, 0.717) is 5.82 Å². The van der Waals surface area contributed by atoms with Gasteiger partial charge in [-0.25, -0.2) is 4.98 Å². The molecule has 0 bridgehead atoms. The van der Waals surface area contributed by atoms with E-state index in [4.69, 9.17) is 15.2 Å². The highest BCUT2D eigenvalue weighted by molar-refractivity contribution is 5.78. The lowest BCUT2D eigenvalue weighted by Gasteiger charge is -2.30. The first-order chi connectivity index (χ1) is 15.6. The first-order valence-corrected chi connectivity index (χ1v) is 10.8. The molecule has 2 aliphatic rings. The van der Waals surface area contributed by atoms with Gasteiger partial charge in [0.1, 0.15) is 23.2 Å². The molecule has 1 saturated heterocycles. The number of nitrogen functional groups attached to an aromatic ring is 1. The van der Waals surface area contributed by atoms with Gasteiger partial charge in [0.2, 0.25) is 5.95 Å². The van der Waals surface area contributed by atoms with E-state index in [2.05, 4.69) is 48.3 Å². The number of ether oxygens (including phenoxy) is 2. The van der Waals surface area contributed by atoms with Crippen molar-refractivity contribution in [2.45, 2.75) is 13.3 Å². The zero-order chi connectivity index (χ0) is 22.1. The fourth-order valence-corrected chi connectivity index (χ4v) is 4.25. The van der Waals surface area contributed by atoms with Crippen molar-refractivity contribution in [3.63, 3.8) is 0 Å². The third kappa shape index (κ3) is 3.87. The molecular formula is C23H27N7O2. The number of pyridine rings is 1. The lowest BCUT2D eigenvalue weighted by molar-refractivity contribution is 0.122. The summed E-state index contributed by atoms with van der Waals surface area (Å²) in [5.41, 5.74) is 10.1. The molecule has 3 N–H and O–H groups in total. The topological polar surface area (TPSA) is 102 Å². The third-order valence-corrected chi connectivity index (χ3v) is 5.81. The number of morpholine rings is 1. The smallest absolute Gasteiger partial charge is 0.223 e. The molecule has 9 heteroatoms. The van der Waals surface area contributed by atoms with Gasteiger partial charge in [0.15, 0.2) is 0 Å². The van der Waals surface area contributed by atoms with Crippen LogP contribution < -0.4 is 25.6 Å². The molecule has 2 aliphatic heterocycles. The fourth-order valence-electron chi connectivity index (χ4n) is 4.25. The van der Waals surface area contributed by atoms with Crippen LogP contribution in [-0.4, -0.2) is 54.9 Å². The summed E-state index contributed by atoms with van der Waals surface area (Å²) in [7, 11) is 1.70. The summed E-state index contributed by atoms with van der Waals surface area (Å²) in [5, 5.41) is 3.32. The number of hydrogen-bond acceptors (Lipinski definition) is 9. The number of nitrogens with zero attached hydrogens (tertiary/aromatic N) is 5. The molecule has 1 aromatic carbocycles. The molecule has 3 aromatic rings. The van der Waals surface area contributed by atoms with E-state index in [1.807, 2.05) is 25.1 Å². The quantitative estimate of drug-likeness (QED) is 0.628. The van der Waals surface area contributed by atoms with Crippen molar-refractivity contribution in [1.29, 1.82) is 0 Å². The number of rotatable bonds is 5. The highest BCUT2D eigenvalue weighted by Gasteiger charge is 2.29. The monoisotopic (exact) mass is 433 g/mol. The number of aryl methyl sites for hydroxylation is 1. The van der Waals surface area contributed by atoms with Crippen molar-refractivity contribution in [2.75, 3.05) is 60.8 Å². The largest absolute Gasteiger partial charge is 0.494 e. The summed E-state index contributed by atoms with van der Waals surface area (Å²) in [6.07, 6.45) is 0.790. The van der Waals surface area contributed by atoms with Gasteiger partial charge in [-0.3, -0.25) is 0 Å². The molecule has 5 rings (SSSR count). The second-order valence-corrected chi connectivity index (χ2v) is 7.88. The molecule has 1 fully saturated rings. The molecule has 0 amide bonds. The van der Waals surface area contributed by atoms with Crippen molar-refractivity contribution < 1.29 is 9.47 Å². The Balaban J connectivity index is 1.48. The zero-order valence-corrected chi connectivity index (χ0v) is 18.3. The summed E-state index contributed by atoms with van der Waals surface area (Å²) in [4.78, 5) is 18.0. The Hall–Kier alpha value is -3.59. The van der Waals surface area contributed by atoms with Crippen LogP contribution in [0.1, 0.15) is 11.3 Å². The van der Waals surface area contributed by atoms with Gasteiger partial charge in [0.25, 0.3) is 0 Å². The van der Waals surface area contributed by atoms with E-state index in [9.17, 15) is 0 Å². The Labute approximate surface area is 187 Å². The predicted octanol–water partition coefficient (Wildman–Crippen LogP) is 3.05. The van der Waals surface area contributed by atoms with Gasteiger partial charge in [-0.15, -0.1) is 0 Å². The first kappa shape index (κ1) is 20.3. The Morgan fingerprint density at radius 3 is 2.69 bits per heavy atom. The SMILES string of the molecule is COc1cc(N2CCOCC2)ccc1N1CCc2c(Nc3cccc(C)n3)nc(N)nc21. The summed E-state index contributed by atoms with van der Waals surface area (Å²) in [6.45, 7) is 5.95. The van der Waals surface area contributed by atoms with Crippen LogP contribution in [0.5, 0.6) is 5.75 Å².